The fourth-order valence-corrected chi connectivity index (χ4v) is 13.8. The zero-order valence-electron chi connectivity index (χ0n) is 41.5. The molecule has 10 aromatic carbocycles. The highest BCUT2D eigenvalue weighted by Gasteiger charge is 2.35. The number of nitrogens with zero attached hydrogens (tertiary/aromatic N) is 2. The highest BCUT2D eigenvalue weighted by atomic mass is 32.1. The van der Waals surface area contributed by atoms with Crippen molar-refractivity contribution in [3.05, 3.63) is 263 Å². The van der Waals surface area contributed by atoms with E-state index in [-0.39, 0.29) is 5.41 Å². The fraction of sp³-hybridized carbons (Fsp3) is 0.0423. The van der Waals surface area contributed by atoms with Crippen LogP contribution in [0.25, 0.3) is 133 Å². The van der Waals surface area contributed by atoms with E-state index in [1.807, 2.05) is 22.7 Å². The van der Waals surface area contributed by atoms with E-state index in [0.29, 0.717) is 0 Å². The lowest BCUT2D eigenvalue weighted by Crippen LogP contribution is -2.15. The molecule has 1 aliphatic rings. The fourth-order valence-electron chi connectivity index (χ4n) is 12.0. The summed E-state index contributed by atoms with van der Waals surface area (Å²) in [6, 6.07) is 85.3. The second-order valence-corrected chi connectivity index (χ2v) is 22.8. The molecule has 14 aromatic rings. The molecule has 2 nitrogen and oxygen atoms in total. The van der Waals surface area contributed by atoms with Crippen LogP contribution in [0.2, 0.25) is 0 Å². The summed E-state index contributed by atoms with van der Waals surface area (Å²) in [4.78, 5) is 5.01. The maximum absolute atomic E-state index is 2.41. The van der Waals surface area contributed by atoms with Crippen LogP contribution < -0.4 is 0 Å². The molecule has 0 spiro atoms. The van der Waals surface area contributed by atoms with Crippen LogP contribution >= 0.6 is 22.7 Å². The molecular weight excluding hydrogens is 945 g/mol. The molecule has 0 unspecified atom stereocenters. The minimum atomic E-state index is -0.128. The van der Waals surface area contributed by atoms with E-state index in [4.69, 9.17) is 0 Å². The SMILES string of the molecule is CC1(C)c2cc(/C=C/c3ccc(-c4ccc5c(c4)c4ccccc4n5-c4ccc5ccccc5c4)s3)ccc2-c2ccc(/C=C/c3ccc(-c4ccc5c(c4)c4ccccc4n5-c4ccc5ccccc5c4)s3)cc21. The Kier molecular flexibility index (Phi) is 10.0. The lowest BCUT2D eigenvalue weighted by Gasteiger charge is -2.22. The van der Waals surface area contributed by atoms with Crippen molar-refractivity contribution in [3.8, 4) is 43.4 Å². The van der Waals surface area contributed by atoms with E-state index < -0.39 is 0 Å². The number of hydrogen-bond acceptors (Lipinski definition) is 2. The number of aromatic nitrogens is 2. The molecule has 0 saturated heterocycles. The van der Waals surface area contributed by atoms with Crippen molar-refractivity contribution in [1.82, 2.24) is 9.13 Å². The summed E-state index contributed by atoms with van der Waals surface area (Å²) in [5, 5.41) is 10.1. The molecular formula is C71H48N2S2. The number of rotatable bonds is 8. The summed E-state index contributed by atoms with van der Waals surface area (Å²) < 4.78 is 4.82. The van der Waals surface area contributed by atoms with Crippen molar-refractivity contribution < 1.29 is 0 Å². The van der Waals surface area contributed by atoms with Crippen molar-refractivity contribution in [1.29, 1.82) is 0 Å². The molecule has 354 valence electrons. The predicted molar refractivity (Wildman–Crippen MR) is 325 cm³/mol. The van der Waals surface area contributed by atoms with E-state index in [0.717, 1.165) is 0 Å². The predicted octanol–water partition coefficient (Wildman–Crippen LogP) is 20.3. The lowest BCUT2D eigenvalue weighted by molar-refractivity contribution is 0.660. The Hall–Kier alpha value is -8.80. The molecule has 1 aliphatic carbocycles. The largest absolute Gasteiger partial charge is 0.309 e. The van der Waals surface area contributed by atoms with Gasteiger partial charge in [0, 0.05) is 57.8 Å². The van der Waals surface area contributed by atoms with Gasteiger partial charge in [0.15, 0.2) is 0 Å². The minimum Gasteiger partial charge on any atom is -0.309 e. The molecule has 4 aromatic heterocycles. The van der Waals surface area contributed by atoms with Gasteiger partial charge in [-0.2, -0.15) is 0 Å². The van der Waals surface area contributed by atoms with Crippen LogP contribution in [0.4, 0.5) is 0 Å². The molecule has 0 amide bonds. The van der Waals surface area contributed by atoms with Gasteiger partial charge < -0.3 is 9.13 Å². The third kappa shape index (κ3) is 7.28. The Morgan fingerprint density at radius 2 is 0.760 bits per heavy atom. The van der Waals surface area contributed by atoms with Crippen molar-refractivity contribution in [2.45, 2.75) is 19.3 Å². The maximum Gasteiger partial charge on any atom is 0.0541 e. The molecule has 75 heavy (non-hydrogen) atoms. The normalized spacial score (nSPS) is 13.2. The van der Waals surface area contributed by atoms with Crippen LogP contribution in [0.15, 0.2) is 231 Å². The Morgan fingerprint density at radius 3 is 1.24 bits per heavy atom. The van der Waals surface area contributed by atoms with E-state index in [2.05, 4.69) is 278 Å². The molecule has 15 rings (SSSR count). The average Bonchev–Trinajstić information content (AvgIpc) is 4.34. The standard InChI is InChI=1S/C71H48N2S2/c1-71(2)63-39-45(19-29-55-31-37-69(74-55)51-25-35-67-61(43-51)59-15-7-9-17-65(59)72(67)53-27-23-47-11-3-5-13-49(47)41-53)21-33-57(63)58-34-22-46(40-64(58)71)20-30-56-32-38-70(75-56)52-26-36-68-62(44-52)60-16-8-10-18-66(60)73(68)54-28-24-48-12-4-6-14-50(48)42-54/h3-44H,1-2H3/b29-19+,30-20+. The summed E-state index contributed by atoms with van der Waals surface area (Å²) in [5.41, 5.74) is 17.5. The number of fused-ring (bicyclic) bond motifs is 11. The van der Waals surface area contributed by atoms with Crippen molar-refractivity contribution in [2.24, 2.45) is 0 Å². The van der Waals surface area contributed by atoms with Gasteiger partial charge in [-0.1, -0.05) is 172 Å². The molecule has 0 fully saturated rings. The number of benzene rings is 10. The van der Waals surface area contributed by atoms with Gasteiger partial charge in [0.05, 0.1) is 22.1 Å². The van der Waals surface area contributed by atoms with Gasteiger partial charge in [0.25, 0.3) is 0 Å². The van der Waals surface area contributed by atoms with Crippen LogP contribution in [0.1, 0.15) is 45.9 Å². The van der Waals surface area contributed by atoms with E-state index in [1.165, 1.54) is 141 Å². The zero-order chi connectivity index (χ0) is 49.8. The first kappa shape index (κ1) is 43.8. The molecule has 4 heteroatoms. The van der Waals surface area contributed by atoms with Crippen LogP contribution in [-0.4, -0.2) is 9.13 Å². The average molecular weight is 993 g/mol. The van der Waals surface area contributed by atoms with Crippen molar-refractivity contribution in [2.75, 3.05) is 0 Å². The van der Waals surface area contributed by atoms with Gasteiger partial charge in [0.2, 0.25) is 0 Å². The Labute approximate surface area is 443 Å². The van der Waals surface area contributed by atoms with E-state index in [9.17, 15) is 0 Å². The van der Waals surface area contributed by atoms with Gasteiger partial charge in [-0.3, -0.25) is 0 Å². The second-order valence-electron chi connectivity index (χ2n) is 20.5. The molecule has 0 bridgehead atoms. The van der Waals surface area contributed by atoms with Crippen molar-refractivity contribution in [3.63, 3.8) is 0 Å². The molecule has 0 radical (unpaired) electrons. The maximum atomic E-state index is 2.41. The van der Waals surface area contributed by atoms with E-state index >= 15 is 0 Å². The van der Waals surface area contributed by atoms with Crippen LogP contribution in [0.5, 0.6) is 0 Å². The monoisotopic (exact) mass is 992 g/mol. The van der Waals surface area contributed by atoms with Gasteiger partial charge in [-0.05, 0) is 163 Å². The van der Waals surface area contributed by atoms with Gasteiger partial charge in [-0.25, -0.2) is 0 Å². The first-order valence-corrected chi connectivity index (χ1v) is 27.4. The molecule has 0 N–H and O–H groups in total. The molecule has 4 heterocycles. The van der Waals surface area contributed by atoms with Gasteiger partial charge in [0.1, 0.15) is 0 Å². The summed E-state index contributed by atoms with van der Waals surface area (Å²) in [7, 11) is 0. The van der Waals surface area contributed by atoms with Gasteiger partial charge in [-0.15, -0.1) is 22.7 Å². The Bertz CT molecular complexity index is 4400. The van der Waals surface area contributed by atoms with Crippen LogP contribution in [-0.2, 0) is 5.41 Å². The number of para-hydroxylation sites is 2. The first-order chi connectivity index (χ1) is 36.9. The highest BCUT2D eigenvalue weighted by molar-refractivity contribution is 7.16. The topological polar surface area (TPSA) is 9.86 Å². The smallest absolute Gasteiger partial charge is 0.0541 e. The summed E-state index contributed by atoms with van der Waals surface area (Å²) >= 11 is 3.69. The molecule has 0 atom stereocenters. The third-order valence-corrected chi connectivity index (χ3v) is 18.0. The quantitative estimate of drug-likeness (QED) is 0.144. The minimum absolute atomic E-state index is 0.128. The van der Waals surface area contributed by atoms with Crippen LogP contribution in [0.3, 0.4) is 0 Å². The molecule has 0 saturated carbocycles. The lowest BCUT2D eigenvalue weighted by atomic mass is 9.81. The van der Waals surface area contributed by atoms with Crippen LogP contribution in [0, 0.1) is 0 Å². The van der Waals surface area contributed by atoms with E-state index in [1.54, 1.807) is 0 Å². The summed E-state index contributed by atoms with van der Waals surface area (Å²) in [6.07, 6.45) is 9.11. The second kappa shape index (κ2) is 17.1. The third-order valence-electron chi connectivity index (χ3n) is 15.8. The number of hydrogen-bond donors (Lipinski definition) is 0. The summed E-state index contributed by atoms with van der Waals surface area (Å²) in [6.45, 7) is 4.75. The molecule has 0 aliphatic heterocycles. The Balaban J connectivity index is 0.664. The van der Waals surface area contributed by atoms with Gasteiger partial charge >= 0.3 is 0 Å². The van der Waals surface area contributed by atoms with Crippen molar-refractivity contribution >= 4 is 112 Å². The number of thiophene rings is 2. The first-order valence-electron chi connectivity index (χ1n) is 25.8. The summed E-state index contributed by atoms with van der Waals surface area (Å²) in [5.74, 6) is 0. The zero-order valence-corrected chi connectivity index (χ0v) is 43.1. The highest BCUT2D eigenvalue weighted by Crippen LogP contribution is 2.50. The Morgan fingerprint density at radius 1 is 0.333 bits per heavy atom.